The largest absolute Gasteiger partial charge is 0.325 e. The lowest BCUT2D eigenvalue weighted by molar-refractivity contribution is 0.178. The summed E-state index contributed by atoms with van der Waals surface area (Å²) >= 11 is 0. The molecule has 1 aliphatic carbocycles. The molecule has 0 bridgehead atoms. The monoisotopic (exact) mass is 279 g/mol. The Morgan fingerprint density at radius 3 is 2.70 bits per heavy atom. The van der Waals surface area contributed by atoms with E-state index in [-0.39, 0.29) is 0 Å². The molecule has 1 aliphatic rings. The third-order valence-corrected chi connectivity index (χ3v) is 4.25. The van der Waals surface area contributed by atoms with Crippen molar-refractivity contribution < 1.29 is 0 Å². The summed E-state index contributed by atoms with van der Waals surface area (Å²) in [5.41, 5.74) is 6.45. The quantitative estimate of drug-likeness (QED) is 0.791. The Kier molecular flexibility index (Phi) is 5.98. The Labute approximate surface area is 122 Å². The van der Waals surface area contributed by atoms with E-state index in [1.807, 2.05) is 10.9 Å². The van der Waals surface area contributed by atoms with Crippen molar-refractivity contribution in [2.75, 3.05) is 13.1 Å². The van der Waals surface area contributed by atoms with Crippen molar-refractivity contribution in [2.45, 2.75) is 65.1 Å². The van der Waals surface area contributed by atoms with Gasteiger partial charge in [-0.2, -0.15) is 0 Å². The Morgan fingerprint density at radius 2 is 2.10 bits per heavy atom. The van der Waals surface area contributed by atoms with Gasteiger partial charge in [0.2, 0.25) is 0 Å². The molecule has 114 valence electrons. The molecule has 1 saturated carbocycles. The highest BCUT2D eigenvalue weighted by molar-refractivity contribution is 4.90. The van der Waals surface area contributed by atoms with Gasteiger partial charge >= 0.3 is 0 Å². The van der Waals surface area contributed by atoms with Crippen molar-refractivity contribution in [3.63, 3.8) is 0 Å². The number of nitrogens with two attached hydrogens (primary N) is 1. The van der Waals surface area contributed by atoms with E-state index in [0.29, 0.717) is 6.54 Å². The van der Waals surface area contributed by atoms with E-state index in [1.54, 1.807) is 0 Å². The topological polar surface area (TPSA) is 60.0 Å². The Morgan fingerprint density at radius 1 is 1.35 bits per heavy atom. The van der Waals surface area contributed by atoms with E-state index in [2.05, 4.69) is 29.1 Å². The molecule has 5 heteroatoms. The van der Waals surface area contributed by atoms with Crippen LogP contribution >= 0.6 is 0 Å². The molecule has 0 atom stereocenters. The predicted octanol–water partition coefficient (Wildman–Crippen LogP) is 2.03. The molecule has 0 amide bonds. The first-order valence-corrected chi connectivity index (χ1v) is 8.02. The molecular weight excluding hydrogens is 250 g/mol. The third kappa shape index (κ3) is 4.56. The van der Waals surface area contributed by atoms with Crippen LogP contribution in [0.4, 0.5) is 0 Å². The van der Waals surface area contributed by atoms with Gasteiger partial charge in [0.1, 0.15) is 0 Å². The third-order valence-electron chi connectivity index (χ3n) is 4.25. The summed E-state index contributed by atoms with van der Waals surface area (Å²) in [4.78, 5) is 2.66. The minimum absolute atomic E-state index is 0.472. The van der Waals surface area contributed by atoms with Crippen LogP contribution in [0.2, 0.25) is 0 Å². The lowest BCUT2D eigenvalue weighted by Gasteiger charge is -2.29. The zero-order valence-electron chi connectivity index (χ0n) is 13.0. The minimum Gasteiger partial charge on any atom is -0.325 e. The van der Waals surface area contributed by atoms with Gasteiger partial charge in [-0.15, -0.1) is 5.10 Å². The smallest absolute Gasteiger partial charge is 0.0962 e. The molecule has 5 nitrogen and oxygen atoms in total. The lowest BCUT2D eigenvalue weighted by atomic mass is 10.1. The van der Waals surface area contributed by atoms with Gasteiger partial charge in [-0.05, 0) is 31.7 Å². The second-order valence-corrected chi connectivity index (χ2v) is 6.33. The highest BCUT2D eigenvalue weighted by atomic mass is 15.4. The second kappa shape index (κ2) is 7.74. The summed E-state index contributed by atoms with van der Waals surface area (Å²) in [6.07, 6.45) is 8.76. The molecule has 20 heavy (non-hydrogen) atoms. The van der Waals surface area contributed by atoms with Crippen LogP contribution < -0.4 is 5.73 Å². The molecule has 0 spiro atoms. The van der Waals surface area contributed by atoms with Gasteiger partial charge in [-0.25, -0.2) is 0 Å². The van der Waals surface area contributed by atoms with Gasteiger partial charge in [0.15, 0.2) is 0 Å². The normalized spacial score (nSPS) is 16.6. The fourth-order valence-corrected chi connectivity index (χ4v) is 2.94. The predicted molar refractivity (Wildman–Crippen MR) is 81.2 cm³/mol. The zero-order valence-corrected chi connectivity index (χ0v) is 13.0. The first kappa shape index (κ1) is 15.4. The highest BCUT2D eigenvalue weighted by Gasteiger charge is 2.22. The average Bonchev–Trinajstić information content (AvgIpc) is 3.09. The summed E-state index contributed by atoms with van der Waals surface area (Å²) in [5.74, 6) is 0.772. The number of rotatable bonds is 8. The van der Waals surface area contributed by atoms with Crippen LogP contribution in [0.3, 0.4) is 0 Å². The van der Waals surface area contributed by atoms with E-state index < -0.39 is 0 Å². The van der Waals surface area contributed by atoms with E-state index in [9.17, 15) is 0 Å². The van der Waals surface area contributed by atoms with Crippen LogP contribution in [-0.4, -0.2) is 39.0 Å². The number of nitrogens with zero attached hydrogens (tertiary/aromatic N) is 4. The van der Waals surface area contributed by atoms with E-state index in [1.165, 1.54) is 38.6 Å². The summed E-state index contributed by atoms with van der Waals surface area (Å²) in [6, 6.07) is 0.784. The summed E-state index contributed by atoms with van der Waals surface area (Å²) in [6.45, 7) is 8.28. The van der Waals surface area contributed by atoms with Gasteiger partial charge in [0, 0.05) is 25.3 Å². The molecule has 1 aromatic heterocycles. The van der Waals surface area contributed by atoms with Gasteiger partial charge in [-0.1, -0.05) is 31.9 Å². The van der Waals surface area contributed by atoms with Gasteiger partial charge in [0.05, 0.1) is 12.2 Å². The fourth-order valence-electron chi connectivity index (χ4n) is 2.94. The number of hydrogen-bond acceptors (Lipinski definition) is 4. The second-order valence-electron chi connectivity index (χ2n) is 6.33. The maximum atomic E-state index is 5.57. The zero-order chi connectivity index (χ0) is 14.4. The van der Waals surface area contributed by atoms with Crippen LogP contribution in [0, 0.1) is 5.92 Å². The summed E-state index contributed by atoms with van der Waals surface area (Å²) in [7, 11) is 0. The van der Waals surface area contributed by atoms with Crippen LogP contribution in [0.1, 0.15) is 51.6 Å². The average molecular weight is 279 g/mol. The SMILES string of the molecule is CC(C)CCN(CCn1cc(CN)nn1)C1CCCC1. The molecule has 0 aliphatic heterocycles. The maximum Gasteiger partial charge on any atom is 0.0962 e. The summed E-state index contributed by atoms with van der Waals surface area (Å²) in [5, 5.41) is 8.19. The van der Waals surface area contributed by atoms with Crippen molar-refractivity contribution in [3.8, 4) is 0 Å². The lowest BCUT2D eigenvalue weighted by Crippen LogP contribution is -2.37. The number of aromatic nitrogens is 3. The molecule has 1 fully saturated rings. The van der Waals surface area contributed by atoms with Crippen LogP contribution in [0.25, 0.3) is 0 Å². The molecule has 1 aromatic rings. The van der Waals surface area contributed by atoms with Gasteiger partial charge < -0.3 is 5.73 Å². The van der Waals surface area contributed by atoms with Gasteiger partial charge in [0.25, 0.3) is 0 Å². The standard InChI is InChI=1S/C15H29N5/c1-13(2)7-8-19(15-5-3-4-6-15)9-10-20-12-14(11-16)17-18-20/h12-13,15H,3-11,16H2,1-2H3. The Balaban J connectivity index is 1.85. The minimum atomic E-state index is 0.472. The molecule has 2 rings (SSSR count). The van der Waals surface area contributed by atoms with Crippen LogP contribution in [-0.2, 0) is 13.1 Å². The highest BCUT2D eigenvalue weighted by Crippen LogP contribution is 2.24. The molecular formula is C15H29N5. The van der Waals surface area contributed by atoms with E-state index >= 15 is 0 Å². The van der Waals surface area contributed by atoms with Crippen molar-refractivity contribution in [3.05, 3.63) is 11.9 Å². The van der Waals surface area contributed by atoms with Crippen molar-refractivity contribution in [2.24, 2.45) is 11.7 Å². The molecule has 0 unspecified atom stereocenters. The van der Waals surface area contributed by atoms with Crippen molar-refractivity contribution in [1.29, 1.82) is 0 Å². The summed E-state index contributed by atoms with van der Waals surface area (Å²) < 4.78 is 1.93. The first-order valence-electron chi connectivity index (χ1n) is 8.02. The first-order chi connectivity index (χ1) is 9.69. The van der Waals surface area contributed by atoms with Crippen molar-refractivity contribution in [1.82, 2.24) is 19.9 Å². The van der Waals surface area contributed by atoms with Crippen molar-refractivity contribution >= 4 is 0 Å². The molecule has 0 saturated heterocycles. The molecule has 0 radical (unpaired) electrons. The van der Waals surface area contributed by atoms with E-state index in [4.69, 9.17) is 5.73 Å². The maximum absolute atomic E-state index is 5.57. The van der Waals surface area contributed by atoms with Crippen LogP contribution in [0.15, 0.2) is 6.20 Å². The van der Waals surface area contributed by atoms with Gasteiger partial charge in [-0.3, -0.25) is 9.58 Å². The molecule has 2 N–H and O–H groups in total. The Bertz CT molecular complexity index is 381. The Hall–Kier alpha value is -0.940. The fraction of sp³-hybridized carbons (Fsp3) is 0.867. The number of hydrogen-bond donors (Lipinski definition) is 1. The molecule has 1 heterocycles. The van der Waals surface area contributed by atoms with Crippen LogP contribution in [0.5, 0.6) is 0 Å². The van der Waals surface area contributed by atoms with E-state index in [0.717, 1.165) is 30.7 Å². The molecule has 0 aromatic carbocycles.